The van der Waals surface area contributed by atoms with Gasteiger partial charge >= 0.3 is 0 Å². The Balaban J connectivity index is 2.56. The van der Waals surface area contributed by atoms with Crippen LogP contribution in [0.5, 0.6) is 0 Å². The molecule has 1 N–H and O–H groups in total. The zero-order chi connectivity index (χ0) is 9.97. The third-order valence-electron chi connectivity index (χ3n) is 1.98. The first-order valence-corrected chi connectivity index (χ1v) is 4.70. The maximum absolute atomic E-state index is 8.76. The molecule has 4 heteroatoms. The first kappa shape index (κ1) is 9.37. The summed E-state index contributed by atoms with van der Waals surface area (Å²) in [5.41, 5.74) is 1.46. The second kappa shape index (κ2) is 3.90. The summed E-state index contributed by atoms with van der Waals surface area (Å²) in [4.78, 5) is 8.38. The van der Waals surface area contributed by atoms with Gasteiger partial charge in [-0.15, -0.1) is 0 Å². The van der Waals surface area contributed by atoms with E-state index in [1.165, 1.54) is 0 Å². The maximum Gasteiger partial charge on any atom is 0.160 e. The number of aliphatic hydroxyl groups excluding tert-OH is 1. The second-order valence-electron chi connectivity index (χ2n) is 2.94. The topological polar surface area (TPSA) is 46.0 Å². The molecule has 0 aliphatic heterocycles. The number of aliphatic hydroxyl groups is 1. The van der Waals surface area contributed by atoms with Gasteiger partial charge in [0.2, 0.25) is 0 Å². The largest absolute Gasteiger partial charge is 0.396 e. The molecular weight excluding hydrogens is 200 g/mol. The van der Waals surface area contributed by atoms with Crippen LogP contribution in [0.15, 0.2) is 24.4 Å². The van der Waals surface area contributed by atoms with E-state index >= 15 is 0 Å². The third-order valence-corrected chi connectivity index (χ3v) is 2.31. The molecule has 0 fully saturated rings. The summed E-state index contributed by atoms with van der Waals surface area (Å²) < 4.78 is 0. The summed E-state index contributed by atoms with van der Waals surface area (Å²) in [7, 11) is 0. The maximum atomic E-state index is 8.76. The fraction of sp³-hybridized carbons (Fsp3) is 0.200. The quantitative estimate of drug-likeness (QED) is 0.819. The minimum Gasteiger partial charge on any atom is -0.396 e. The van der Waals surface area contributed by atoms with Crippen LogP contribution in [-0.2, 0) is 6.42 Å². The lowest BCUT2D eigenvalue weighted by Crippen LogP contribution is -1.95. The fourth-order valence-electron chi connectivity index (χ4n) is 1.29. The van der Waals surface area contributed by atoms with Crippen LogP contribution in [0.1, 0.15) is 5.69 Å². The van der Waals surface area contributed by atoms with Crippen molar-refractivity contribution in [3.05, 3.63) is 35.1 Å². The highest BCUT2D eigenvalue weighted by molar-refractivity contribution is 6.35. The van der Waals surface area contributed by atoms with Crippen molar-refractivity contribution in [2.75, 3.05) is 6.61 Å². The number of pyridine rings is 2. The van der Waals surface area contributed by atoms with E-state index in [2.05, 4.69) is 9.97 Å². The van der Waals surface area contributed by atoms with E-state index in [9.17, 15) is 0 Å². The molecule has 3 nitrogen and oxygen atoms in total. The highest BCUT2D eigenvalue weighted by atomic mass is 35.5. The van der Waals surface area contributed by atoms with Gasteiger partial charge in [0.15, 0.2) is 5.65 Å². The van der Waals surface area contributed by atoms with E-state index < -0.39 is 0 Å². The normalized spacial score (nSPS) is 10.7. The van der Waals surface area contributed by atoms with Gasteiger partial charge in [0.25, 0.3) is 0 Å². The van der Waals surface area contributed by atoms with Crippen LogP contribution in [0, 0.1) is 0 Å². The van der Waals surface area contributed by atoms with Crippen LogP contribution in [0.4, 0.5) is 0 Å². The van der Waals surface area contributed by atoms with E-state index in [1.807, 2.05) is 12.1 Å². The van der Waals surface area contributed by atoms with Gasteiger partial charge < -0.3 is 5.11 Å². The molecule has 2 aromatic rings. The predicted molar refractivity (Wildman–Crippen MR) is 55.3 cm³/mol. The van der Waals surface area contributed by atoms with Crippen molar-refractivity contribution < 1.29 is 5.11 Å². The van der Waals surface area contributed by atoms with E-state index in [1.54, 1.807) is 12.3 Å². The molecule has 0 radical (unpaired) electrons. The molecule has 0 saturated heterocycles. The lowest BCUT2D eigenvalue weighted by Gasteiger charge is -2.01. The van der Waals surface area contributed by atoms with Crippen molar-refractivity contribution in [2.45, 2.75) is 6.42 Å². The Hall–Kier alpha value is -1.19. The molecule has 0 spiro atoms. The van der Waals surface area contributed by atoms with Crippen LogP contribution in [0.25, 0.3) is 11.0 Å². The van der Waals surface area contributed by atoms with E-state index in [-0.39, 0.29) is 6.61 Å². The highest BCUT2D eigenvalue weighted by Crippen LogP contribution is 2.19. The average molecular weight is 209 g/mol. The number of hydrogen-bond donors (Lipinski definition) is 1. The fourth-order valence-corrected chi connectivity index (χ4v) is 1.49. The first-order chi connectivity index (χ1) is 6.81. The molecule has 14 heavy (non-hydrogen) atoms. The molecular formula is C10H9ClN2O. The van der Waals surface area contributed by atoms with Crippen LogP contribution in [-0.4, -0.2) is 21.7 Å². The second-order valence-corrected chi connectivity index (χ2v) is 3.35. The molecule has 2 rings (SSSR count). The minimum atomic E-state index is 0.0963. The lowest BCUT2D eigenvalue weighted by molar-refractivity contribution is 0.298. The molecule has 0 atom stereocenters. The summed E-state index contributed by atoms with van der Waals surface area (Å²) in [5, 5.41) is 10.3. The molecule has 0 aliphatic rings. The zero-order valence-corrected chi connectivity index (χ0v) is 8.20. The van der Waals surface area contributed by atoms with Crippen molar-refractivity contribution >= 4 is 22.6 Å². The number of aromatic nitrogens is 2. The van der Waals surface area contributed by atoms with E-state index in [0.29, 0.717) is 17.1 Å². The van der Waals surface area contributed by atoms with Crippen molar-refractivity contribution in [3.8, 4) is 0 Å². The smallest absolute Gasteiger partial charge is 0.160 e. The number of hydrogen-bond acceptors (Lipinski definition) is 3. The monoisotopic (exact) mass is 208 g/mol. The summed E-state index contributed by atoms with van der Waals surface area (Å²) in [6, 6.07) is 5.46. The molecule has 2 heterocycles. The van der Waals surface area contributed by atoms with Gasteiger partial charge in [-0.25, -0.2) is 9.97 Å². The Morgan fingerprint density at radius 3 is 2.93 bits per heavy atom. The van der Waals surface area contributed by atoms with Gasteiger partial charge in [-0.2, -0.15) is 0 Å². The van der Waals surface area contributed by atoms with Crippen molar-refractivity contribution in [1.29, 1.82) is 0 Å². The molecule has 0 aromatic carbocycles. The Bertz CT molecular complexity index is 459. The lowest BCUT2D eigenvalue weighted by atomic mass is 10.2. The van der Waals surface area contributed by atoms with Crippen LogP contribution < -0.4 is 0 Å². The van der Waals surface area contributed by atoms with Gasteiger partial charge in [0, 0.05) is 30.3 Å². The molecule has 0 amide bonds. The Labute approximate surface area is 86.4 Å². The Morgan fingerprint density at radius 2 is 2.14 bits per heavy atom. The molecule has 0 saturated carbocycles. The molecule has 2 aromatic heterocycles. The van der Waals surface area contributed by atoms with Gasteiger partial charge in [0.1, 0.15) is 0 Å². The molecule has 0 bridgehead atoms. The van der Waals surface area contributed by atoms with Crippen molar-refractivity contribution in [1.82, 2.24) is 9.97 Å². The Morgan fingerprint density at radius 1 is 1.29 bits per heavy atom. The van der Waals surface area contributed by atoms with Crippen LogP contribution >= 0.6 is 11.6 Å². The molecule has 0 aliphatic carbocycles. The Kier molecular flexibility index (Phi) is 2.61. The molecule has 72 valence electrons. The summed E-state index contributed by atoms with van der Waals surface area (Å²) >= 11 is 5.96. The SMILES string of the molecule is OCCc1ccc2c(Cl)ccnc2n1. The third kappa shape index (κ3) is 1.69. The van der Waals surface area contributed by atoms with E-state index in [4.69, 9.17) is 16.7 Å². The van der Waals surface area contributed by atoms with Gasteiger partial charge in [-0.05, 0) is 18.2 Å². The van der Waals surface area contributed by atoms with Gasteiger partial charge in [0.05, 0.1) is 5.02 Å². The predicted octanol–water partition coefficient (Wildman–Crippen LogP) is 1.82. The number of nitrogens with zero attached hydrogens (tertiary/aromatic N) is 2. The standard InChI is InChI=1S/C10H9ClN2O/c11-9-3-5-12-10-8(9)2-1-7(13-10)4-6-14/h1-3,5,14H,4,6H2. The van der Waals surface area contributed by atoms with Crippen molar-refractivity contribution in [2.24, 2.45) is 0 Å². The molecule has 0 unspecified atom stereocenters. The summed E-state index contributed by atoms with van der Waals surface area (Å²) in [6.45, 7) is 0.0963. The minimum absolute atomic E-state index is 0.0963. The van der Waals surface area contributed by atoms with Crippen LogP contribution in [0.2, 0.25) is 5.02 Å². The van der Waals surface area contributed by atoms with E-state index in [0.717, 1.165) is 11.1 Å². The summed E-state index contributed by atoms with van der Waals surface area (Å²) in [5.74, 6) is 0. The first-order valence-electron chi connectivity index (χ1n) is 4.32. The van der Waals surface area contributed by atoms with Crippen LogP contribution in [0.3, 0.4) is 0 Å². The number of fused-ring (bicyclic) bond motifs is 1. The summed E-state index contributed by atoms with van der Waals surface area (Å²) in [6.07, 6.45) is 2.17. The van der Waals surface area contributed by atoms with Gasteiger partial charge in [-0.3, -0.25) is 0 Å². The van der Waals surface area contributed by atoms with Gasteiger partial charge in [-0.1, -0.05) is 11.6 Å². The van der Waals surface area contributed by atoms with Crippen molar-refractivity contribution in [3.63, 3.8) is 0 Å². The average Bonchev–Trinajstić information content (AvgIpc) is 2.18. The number of halogens is 1. The zero-order valence-electron chi connectivity index (χ0n) is 7.44. The highest BCUT2D eigenvalue weighted by Gasteiger charge is 2.01. The number of rotatable bonds is 2.